The van der Waals surface area contributed by atoms with Gasteiger partial charge in [0.05, 0.1) is 11.7 Å². The van der Waals surface area contributed by atoms with E-state index in [1.807, 2.05) is 6.92 Å². The maximum atomic E-state index is 11.5. The van der Waals surface area contributed by atoms with Crippen molar-refractivity contribution in [2.45, 2.75) is 19.4 Å². The van der Waals surface area contributed by atoms with Crippen LogP contribution >= 0.6 is 27.5 Å². The Hall–Kier alpha value is -0.580. The highest BCUT2D eigenvalue weighted by molar-refractivity contribution is 9.10. The highest BCUT2D eigenvalue weighted by Gasteiger charge is 2.12. The minimum absolute atomic E-state index is 0.208. The number of halogens is 2. The minimum Gasteiger partial charge on any atom is -0.324 e. The van der Waals surface area contributed by atoms with E-state index in [1.54, 1.807) is 18.2 Å². The fourth-order valence-electron chi connectivity index (χ4n) is 1.00. The van der Waals surface area contributed by atoms with E-state index in [9.17, 15) is 4.79 Å². The molecule has 0 fully saturated rings. The predicted octanol–water partition coefficient (Wildman–Crippen LogP) is 2.78. The molecule has 0 aliphatic carbocycles. The summed E-state index contributed by atoms with van der Waals surface area (Å²) in [6.45, 7) is 1.86. The van der Waals surface area contributed by atoms with E-state index in [1.165, 1.54) is 0 Å². The molecule has 0 aliphatic rings. The molecular weight excluding hydrogens is 279 g/mol. The summed E-state index contributed by atoms with van der Waals surface area (Å²) >= 11 is 9.13. The van der Waals surface area contributed by atoms with E-state index in [4.69, 9.17) is 17.3 Å². The van der Waals surface area contributed by atoms with E-state index in [0.717, 1.165) is 4.47 Å². The molecule has 3 nitrogen and oxygen atoms in total. The van der Waals surface area contributed by atoms with Crippen LogP contribution in [0.15, 0.2) is 22.7 Å². The monoisotopic (exact) mass is 290 g/mol. The average Bonchev–Trinajstić information content (AvgIpc) is 2.22. The van der Waals surface area contributed by atoms with Crippen LogP contribution in [0.4, 0.5) is 5.69 Å². The van der Waals surface area contributed by atoms with Gasteiger partial charge in [-0.15, -0.1) is 0 Å². The summed E-state index contributed by atoms with van der Waals surface area (Å²) in [6, 6.07) is 4.69. The molecule has 0 radical (unpaired) electrons. The molecule has 3 N–H and O–H groups in total. The van der Waals surface area contributed by atoms with Crippen molar-refractivity contribution in [3.63, 3.8) is 0 Å². The molecular formula is C10H12BrClN2O. The topological polar surface area (TPSA) is 55.1 Å². The molecule has 1 atom stereocenters. The van der Waals surface area contributed by atoms with E-state index in [0.29, 0.717) is 17.1 Å². The third kappa shape index (κ3) is 3.48. The van der Waals surface area contributed by atoms with E-state index >= 15 is 0 Å². The summed E-state index contributed by atoms with van der Waals surface area (Å²) in [5.41, 5.74) is 6.23. The molecule has 1 aromatic rings. The van der Waals surface area contributed by atoms with Crippen molar-refractivity contribution in [1.29, 1.82) is 0 Å². The second-order valence-electron chi connectivity index (χ2n) is 3.13. The van der Waals surface area contributed by atoms with Gasteiger partial charge in [-0.1, -0.05) is 18.5 Å². The summed E-state index contributed by atoms with van der Waals surface area (Å²) in [6.07, 6.45) is 0.601. The van der Waals surface area contributed by atoms with Gasteiger partial charge in [0.1, 0.15) is 0 Å². The van der Waals surface area contributed by atoms with Gasteiger partial charge in [0.25, 0.3) is 0 Å². The molecule has 0 saturated heterocycles. The lowest BCUT2D eigenvalue weighted by atomic mass is 10.2. The zero-order valence-electron chi connectivity index (χ0n) is 8.26. The third-order valence-corrected chi connectivity index (χ3v) is 2.89. The maximum absolute atomic E-state index is 11.5. The number of rotatable bonds is 3. The number of amides is 1. The van der Waals surface area contributed by atoms with Crippen molar-refractivity contribution in [1.82, 2.24) is 0 Å². The first-order chi connectivity index (χ1) is 7.04. The standard InChI is InChI=1S/C10H12BrClN2O/c1-2-8(13)10(15)14-9-5-6(12)3-4-7(9)11/h3-5,8H,2,13H2,1H3,(H,14,15)/t8-/m0/s1. The molecule has 0 saturated carbocycles. The summed E-state index contributed by atoms with van der Waals surface area (Å²) in [7, 11) is 0. The summed E-state index contributed by atoms with van der Waals surface area (Å²) in [5.74, 6) is -0.208. The zero-order chi connectivity index (χ0) is 11.4. The van der Waals surface area contributed by atoms with Crippen molar-refractivity contribution in [3.05, 3.63) is 27.7 Å². The Kier molecular flexibility index (Phi) is 4.57. The largest absolute Gasteiger partial charge is 0.324 e. The van der Waals surface area contributed by atoms with Crippen LogP contribution in [0.5, 0.6) is 0 Å². The van der Waals surface area contributed by atoms with Crippen LogP contribution in [0.3, 0.4) is 0 Å². The highest BCUT2D eigenvalue weighted by atomic mass is 79.9. The van der Waals surface area contributed by atoms with Crippen LogP contribution in [0, 0.1) is 0 Å². The molecule has 1 aromatic carbocycles. The lowest BCUT2D eigenvalue weighted by Crippen LogP contribution is -2.34. The second kappa shape index (κ2) is 5.49. The molecule has 0 heterocycles. The lowest BCUT2D eigenvalue weighted by Gasteiger charge is -2.11. The Bertz CT molecular complexity index is 370. The molecule has 0 unspecified atom stereocenters. The second-order valence-corrected chi connectivity index (χ2v) is 4.42. The molecule has 0 aliphatic heterocycles. The molecule has 1 rings (SSSR count). The van der Waals surface area contributed by atoms with Crippen LogP contribution in [-0.2, 0) is 4.79 Å². The van der Waals surface area contributed by atoms with Crippen LogP contribution < -0.4 is 11.1 Å². The third-order valence-electron chi connectivity index (χ3n) is 1.96. The van der Waals surface area contributed by atoms with Crippen LogP contribution in [0.1, 0.15) is 13.3 Å². The van der Waals surface area contributed by atoms with E-state index in [2.05, 4.69) is 21.2 Å². The SMILES string of the molecule is CC[C@H](N)C(=O)Nc1cc(Cl)ccc1Br. The molecule has 1 amide bonds. The fourth-order valence-corrected chi connectivity index (χ4v) is 1.52. The van der Waals surface area contributed by atoms with Crippen molar-refractivity contribution < 1.29 is 4.79 Å². The summed E-state index contributed by atoms with van der Waals surface area (Å²) in [5, 5.41) is 3.27. The van der Waals surface area contributed by atoms with Gasteiger partial charge in [-0.05, 0) is 40.5 Å². The fraction of sp³-hybridized carbons (Fsp3) is 0.300. The Balaban J connectivity index is 2.80. The van der Waals surface area contributed by atoms with Gasteiger partial charge in [-0.25, -0.2) is 0 Å². The number of carbonyl (C=O) groups is 1. The average molecular weight is 292 g/mol. The molecule has 15 heavy (non-hydrogen) atoms. The number of benzene rings is 1. The number of hydrogen-bond donors (Lipinski definition) is 2. The maximum Gasteiger partial charge on any atom is 0.241 e. The lowest BCUT2D eigenvalue weighted by molar-refractivity contribution is -0.117. The first kappa shape index (κ1) is 12.5. The normalized spacial score (nSPS) is 12.3. The Labute approximate surface area is 102 Å². The summed E-state index contributed by atoms with van der Waals surface area (Å²) < 4.78 is 0.781. The quantitative estimate of drug-likeness (QED) is 0.900. The number of nitrogens with two attached hydrogens (primary N) is 1. The van der Waals surface area contributed by atoms with E-state index in [-0.39, 0.29) is 5.91 Å². The first-order valence-corrected chi connectivity index (χ1v) is 5.73. The highest BCUT2D eigenvalue weighted by Crippen LogP contribution is 2.25. The van der Waals surface area contributed by atoms with Gasteiger partial charge in [-0.3, -0.25) is 4.79 Å². The van der Waals surface area contributed by atoms with Gasteiger partial charge in [0, 0.05) is 9.50 Å². The van der Waals surface area contributed by atoms with Gasteiger partial charge in [0.15, 0.2) is 0 Å². The zero-order valence-corrected chi connectivity index (χ0v) is 10.6. The Morgan fingerprint density at radius 1 is 1.67 bits per heavy atom. The predicted molar refractivity (Wildman–Crippen MR) is 66.0 cm³/mol. The van der Waals surface area contributed by atoms with Gasteiger partial charge < -0.3 is 11.1 Å². The number of nitrogens with one attached hydrogen (secondary N) is 1. The molecule has 5 heteroatoms. The van der Waals surface area contributed by atoms with Crippen molar-refractivity contribution in [2.24, 2.45) is 5.73 Å². The van der Waals surface area contributed by atoms with Crippen LogP contribution in [-0.4, -0.2) is 11.9 Å². The van der Waals surface area contributed by atoms with Crippen molar-refractivity contribution >= 4 is 39.1 Å². The van der Waals surface area contributed by atoms with Gasteiger partial charge in [0.2, 0.25) is 5.91 Å². The number of anilines is 1. The van der Waals surface area contributed by atoms with Gasteiger partial charge >= 0.3 is 0 Å². The van der Waals surface area contributed by atoms with Gasteiger partial charge in [-0.2, -0.15) is 0 Å². The molecule has 0 bridgehead atoms. The smallest absolute Gasteiger partial charge is 0.241 e. The molecule has 82 valence electrons. The van der Waals surface area contributed by atoms with Crippen molar-refractivity contribution in [3.8, 4) is 0 Å². The Morgan fingerprint density at radius 2 is 2.33 bits per heavy atom. The molecule has 0 aromatic heterocycles. The summed E-state index contributed by atoms with van der Waals surface area (Å²) in [4.78, 5) is 11.5. The van der Waals surface area contributed by atoms with Crippen LogP contribution in [0.2, 0.25) is 5.02 Å². The van der Waals surface area contributed by atoms with Crippen LogP contribution in [0.25, 0.3) is 0 Å². The van der Waals surface area contributed by atoms with E-state index < -0.39 is 6.04 Å². The number of hydrogen-bond acceptors (Lipinski definition) is 2. The number of carbonyl (C=O) groups excluding carboxylic acids is 1. The minimum atomic E-state index is -0.490. The first-order valence-electron chi connectivity index (χ1n) is 4.56. The Morgan fingerprint density at radius 3 is 2.93 bits per heavy atom. The van der Waals surface area contributed by atoms with Crippen molar-refractivity contribution in [2.75, 3.05) is 5.32 Å². The molecule has 0 spiro atoms.